The van der Waals surface area contributed by atoms with E-state index < -0.39 is 10.0 Å². The summed E-state index contributed by atoms with van der Waals surface area (Å²) in [5, 5.41) is 0. The molecule has 1 saturated heterocycles. The van der Waals surface area contributed by atoms with E-state index in [1.807, 2.05) is 37.3 Å². The summed E-state index contributed by atoms with van der Waals surface area (Å²) in [7, 11) is -3.45. The molecule has 1 fully saturated rings. The molecule has 0 N–H and O–H groups in total. The molecule has 0 saturated carbocycles. The molecule has 8 heteroatoms. The summed E-state index contributed by atoms with van der Waals surface area (Å²) < 4.78 is 28.0. The van der Waals surface area contributed by atoms with E-state index in [1.54, 1.807) is 11.0 Å². The number of sulfonamides is 1. The molecule has 1 aromatic heterocycles. The van der Waals surface area contributed by atoms with E-state index in [2.05, 4.69) is 22.6 Å². The Hall–Kier alpha value is -0.970. The van der Waals surface area contributed by atoms with Crippen LogP contribution >= 0.6 is 33.9 Å². The number of benzene rings is 1. The lowest BCUT2D eigenvalue weighted by atomic mass is 10.2. The van der Waals surface area contributed by atoms with Crippen molar-refractivity contribution in [2.75, 3.05) is 26.2 Å². The minimum atomic E-state index is -3.45. The zero-order valence-corrected chi connectivity index (χ0v) is 16.9. The number of carbonyl (C=O) groups excluding carboxylic acids is 1. The molecule has 0 unspecified atom stereocenters. The average molecular weight is 476 g/mol. The maximum atomic E-state index is 12.6. The van der Waals surface area contributed by atoms with Crippen LogP contribution in [-0.2, 0) is 10.0 Å². The van der Waals surface area contributed by atoms with Crippen LogP contribution in [0.1, 0.15) is 15.2 Å². The first-order chi connectivity index (χ1) is 11.4. The molecule has 0 spiro atoms. The largest absolute Gasteiger partial charge is 0.336 e. The Morgan fingerprint density at radius 2 is 1.75 bits per heavy atom. The fourth-order valence-corrected chi connectivity index (χ4v) is 6.09. The first kappa shape index (κ1) is 17.8. The molecular formula is C16H17IN2O3S2. The molecule has 0 radical (unpaired) electrons. The van der Waals surface area contributed by atoms with Crippen LogP contribution in [0.2, 0.25) is 0 Å². The van der Waals surface area contributed by atoms with Gasteiger partial charge in [-0.1, -0.05) is 12.1 Å². The van der Waals surface area contributed by atoms with Gasteiger partial charge in [-0.2, -0.15) is 4.31 Å². The summed E-state index contributed by atoms with van der Waals surface area (Å²) in [6.07, 6.45) is 0. The van der Waals surface area contributed by atoms with Gasteiger partial charge in [-0.05, 0) is 53.8 Å². The minimum absolute atomic E-state index is 0.0379. The van der Waals surface area contributed by atoms with Crippen molar-refractivity contribution in [1.29, 1.82) is 0 Å². The topological polar surface area (TPSA) is 57.7 Å². The Morgan fingerprint density at radius 3 is 2.33 bits per heavy atom. The van der Waals surface area contributed by atoms with E-state index in [0.717, 1.165) is 8.45 Å². The number of halogens is 1. The van der Waals surface area contributed by atoms with Gasteiger partial charge in [0.1, 0.15) is 4.21 Å². The molecule has 0 aliphatic carbocycles. The average Bonchev–Trinajstić information content (AvgIpc) is 3.02. The minimum Gasteiger partial charge on any atom is -0.336 e. The molecule has 1 aliphatic rings. The van der Waals surface area contributed by atoms with Crippen LogP contribution in [0, 0.1) is 10.5 Å². The van der Waals surface area contributed by atoms with Crippen LogP contribution in [0.25, 0.3) is 0 Å². The van der Waals surface area contributed by atoms with Crippen molar-refractivity contribution in [2.24, 2.45) is 0 Å². The van der Waals surface area contributed by atoms with E-state index in [0.29, 0.717) is 36.0 Å². The molecule has 0 bridgehead atoms. The van der Waals surface area contributed by atoms with Crippen molar-refractivity contribution in [3.05, 3.63) is 50.4 Å². The normalized spacial score (nSPS) is 16.3. The van der Waals surface area contributed by atoms with Gasteiger partial charge in [0, 0.05) is 34.6 Å². The maximum Gasteiger partial charge on any atom is 0.255 e. The number of piperazine rings is 1. The number of hydrogen-bond acceptors (Lipinski definition) is 4. The Bertz CT molecular complexity index is 856. The highest BCUT2D eigenvalue weighted by Crippen LogP contribution is 2.25. The van der Waals surface area contributed by atoms with Crippen molar-refractivity contribution >= 4 is 49.9 Å². The third-order valence-corrected chi connectivity index (χ3v) is 8.25. The fraction of sp³-hybridized carbons (Fsp3) is 0.312. The second kappa shape index (κ2) is 7.11. The van der Waals surface area contributed by atoms with Crippen LogP contribution in [0.5, 0.6) is 0 Å². The smallest absolute Gasteiger partial charge is 0.255 e. The Balaban J connectivity index is 1.70. The summed E-state index contributed by atoms with van der Waals surface area (Å²) in [5.74, 6) is -0.0379. The zero-order chi connectivity index (χ0) is 17.3. The van der Waals surface area contributed by atoms with Crippen molar-refractivity contribution in [1.82, 2.24) is 9.21 Å². The Kier molecular flexibility index (Phi) is 5.28. The quantitative estimate of drug-likeness (QED) is 0.641. The molecule has 5 nitrogen and oxygen atoms in total. The van der Waals surface area contributed by atoms with Crippen LogP contribution < -0.4 is 0 Å². The van der Waals surface area contributed by atoms with Crippen LogP contribution in [0.4, 0.5) is 0 Å². The molecule has 1 amide bonds. The van der Waals surface area contributed by atoms with Crippen LogP contribution in [0.3, 0.4) is 0 Å². The molecule has 1 aromatic carbocycles. The summed E-state index contributed by atoms with van der Waals surface area (Å²) in [6, 6.07) is 10.9. The SMILES string of the molecule is Cc1ccc(S(=O)(=O)N2CCN(C(=O)c3ccccc3I)CC2)s1. The Labute approximate surface area is 159 Å². The van der Waals surface area contributed by atoms with Gasteiger partial charge in [-0.15, -0.1) is 11.3 Å². The van der Waals surface area contributed by atoms with E-state index in [-0.39, 0.29) is 5.91 Å². The molecule has 128 valence electrons. The van der Waals surface area contributed by atoms with Crippen molar-refractivity contribution in [2.45, 2.75) is 11.1 Å². The molecule has 2 heterocycles. The predicted octanol–water partition coefficient (Wildman–Crippen LogP) is 2.81. The third-order valence-electron chi connectivity index (χ3n) is 3.94. The number of thiophene rings is 1. The van der Waals surface area contributed by atoms with Gasteiger partial charge < -0.3 is 4.90 Å². The molecule has 1 aliphatic heterocycles. The van der Waals surface area contributed by atoms with Gasteiger partial charge in [-0.25, -0.2) is 8.42 Å². The lowest BCUT2D eigenvalue weighted by Crippen LogP contribution is -2.50. The highest BCUT2D eigenvalue weighted by molar-refractivity contribution is 14.1. The summed E-state index contributed by atoms with van der Waals surface area (Å²) in [6.45, 7) is 3.37. The maximum absolute atomic E-state index is 12.6. The zero-order valence-electron chi connectivity index (χ0n) is 13.1. The number of carbonyl (C=O) groups is 1. The molecule has 3 rings (SSSR count). The molecular weight excluding hydrogens is 459 g/mol. The van der Waals surface area contributed by atoms with Crippen molar-refractivity contribution < 1.29 is 13.2 Å². The second-order valence-electron chi connectivity index (χ2n) is 5.54. The summed E-state index contributed by atoms with van der Waals surface area (Å²) in [4.78, 5) is 15.3. The van der Waals surface area contributed by atoms with Gasteiger partial charge in [0.15, 0.2) is 0 Å². The monoisotopic (exact) mass is 476 g/mol. The Morgan fingerprint density at radius 1 is 1.08 bits per heavy atom. The van der Waals surface area contributed by atoms with Gasteiger partial charge >= 0.3 is 0 Å². The van der Waals surface area contributed by atoms with Crippen LogP contribution in [0.15, 0.2) is 40.6 Å². The predicted molar refractivity (Wildman–Crippen MR) is 103 cm³/mol. The first-order valence-electron chi connectivity index (χ1n) is 7.50. The number of nitrogens with zero attached hydrogens (tertiary/aromatic N) is 2. The van der Waals surface area contributed by atoms with E-state index in [4.69, 9.17) is 0 Å². The first-order valence-corrected chi connectivity index (χ1v) is 10.8. The van der Waals surface area contributed by atoms with Gasteiger partial charge in [-0.3, -0.25) is 4.79 Å². The lowest BCUT2D eigenvalue weighted by molar-refractivity contribution is 0.0697. The van der Waals surface area contributed by atoms with Gasteiger partial charge in [0.25, 0.3) is 15.9 Å². The van der Waals surface area contributed by atoms with Gasteiger partial charge in [0.05, 0.1) is 5.56 Å². The van der Waals surface area contributed by atoms with Crippen molar-refractivity contribution in [3.8, 4) is 0 Å². The van der Waals surface area contributed by atoms with E-state index in [1.165, 1.54) is 15.6 Å². The molecule has 2 aromatic rings. The van der Waals surface area contributed by atoms with Crippen molar-refractivity contribution in [3.63, 3.8) is 0 Å². The highest BCUT2D eigenvalue weighted by Gasteiger charge is 2.31. The standard InChI is InChI=1S/C16H17IN2O3S2/c1-12-6-7-15(23-12)24(21,22)19-10-8-18(9-11-19)16(20)13-4-2-3-5-14(13)17/h2-7H,8-11H2,1H3. The lowest BCUT2D eigenvalue weighted by Gasteiger charge is -2.33. The molecule has 24 heavy (non-hydrogen) atoms. The van der Waals surface area contributed by atoms with Crippen LogP contribution in [-0.4, -0.2) is 49.7 Å². The van der Waals surface area contributed by atoms with E-state index >= 15 is 0 Å². The van der Waals surface area contributed by atoms with Gasteiger partial charge in [0.2, 0.25) is 0 Å². The summed E-state index contributed by atoms with van der Waals surface area (Å²) in [5.41, 5.74) is 0.670. The number of aryl methyl sites for hydroxylation is 1. The number of hydrogen-bond donors (Lipinski definition) is 0. The highest BCUT2D eigenvalue weighted by atomic mass is 127. The van der Waals surface area contributed by atoms with E-state index in [9.17, 15) is 13.2 Å². The number of rotatable bonds is 3. The third kappa shape index (κ3) is 3.51. The fourth-order valence-electron chi connectivity index (χ4n) is 2.61. The number of amides is 1. The summed E-state index contributed by atoms with van der Waals surface area (Å²) >= 11 is 3.43. The second-order valence-corrected chi connectivity index (χ2v) is 10.2. The molecule has 0 atom stereocenters.